The molecule has 2 aliphatic heterocycles. The molecule has 0 aliphatic carbocycles. The molecule has 1 aromatic heterocycles. The number of rotatable bonds is 6. The fourth-order valence-electron chi connectivity index (χ4n) is 5.38. The van der Waals surface area contributed by atoms with Gasteiger partial charge in [0.1, 0.15) is 5.58 Å². The van der Waals surface area contributed by atoms with Gasteiger partial charge in [-0.3, -0.25) is 9.59 Å². The molecular weight excluding hydrogens is 482 g/mol. The van der Waals surface area contributed by atoms with E-state index in [4.69, 9.17) is 13.9 Å². The van der Waals surface area contributed by atoms with Crippen LogP contribution in [0.2, 0.25) is 0 Å². The third kappa shape index (κ3) is 3.95. The Morgan fingerprint density at radius 2 is 1.75 bits per heavy atom. The van der Waals surface area contributed by atoms with Crippen molar-refractivity contribution < 1.29 is 27.1 Å². The number of aryl methyl sites for hydroxylation is 2. The maximum Gasteiger partial charge on any atom is 0.291 e. The van der Waals surface area contributed by atoms with Crippen LogP contribution in [0.15, 0.2) is 39.5 Å². The summed E-state index contributed by atoms with van der Waals surface area (Å²) in [5.41, 5.74) is 2.62. The normalized spacial score (nSPS) is 20.7. The molecule has 0 saturated carbocycles. The Labute approximate surface area is 209 Å². The van der Waals surface area contributed by atoms with Crippen molar-refractivity contribution in [2.75, 3.05) is 24.7 Å². The molecule has 0 N–H and O–H groups in total. The number of carbonyl (C=O) groups excluding carboxylic acids is 1. The first-order valence-corrected chi connectivity index (χ1v) is 14.0. The van der Waals surface area contributed by atoms with E-state index in [2.05, 4.69) is 0 Å². The number of amides is 1. The highest BCUT2D eigenvalue weighted by molar-refractivity contribution is 7.91. The third-order valence-electron chi connectivity index (χ3n) is 6.82. The first kappa shape index (κ1) is 24.4. The fraction of sp³-hybridized carbons (Fsp3) is 0.407. The molecular formula is C27H29NO7S. The van der Waals surface area contributed by atoms with E-state index >= 15 is 0 Å². The van der Waals surface area contributed by atoms with Crippen LogP contribution in [-0.4, -0.2) is 50.0 Å². The molecule has 5 rings (SSSR count). The molecule has 1 amide bonds. The summed E-state index contributed by atoms with van der Waals surface area (Å²) in [5.74, 6) is 0.404. The van der Waals surface area contributed by atoms with Gasteiger partial charge in [-0.2, -0.15) is 0 Å². The van der Waals surface area contributed by atoms with E-state index in [0.29, 0.717) is 47.7 Å². The van der Waals surface area contributed by atoms with E-state index in [0.717, 1.165) is 11.1 Å². The molecule has 2 aliphatic rings. The Kier molecular flexibility index (Phi) is 6.06. The van der Waals surface area contributed by atoms with Gasteiger partial charge in [0.05, 0.1) is 41.7 Å². The van der Waals surface area contributed by atoms with E-state index in [9.17, 15) is 18.0 Å². The SMILES string of the molecule is CCOc1ccc(C2c3c(oc4c(C)cc(C)cc4c3=O)C(=O)N2C2CCS(=O)(=O)C2)cc1OCC. The predicted octanol–water partition coefficient (Wildman–Crippen LogP) is 3.94. The highest BCUT2D eigenvalue weighted by Gasteiger charge is 2.48. The molecule has 0 bridgehead atoms. The summed E-state index contributed by atoms with van der Waals surface area (Å²) < 4.78 is 42.3. The average Bonchev–Trinajstić information content (AvgIpc) is 3.32. The van der Waals surface area contributed by atoms with Crippen LogP contribution < -0.4 is 14.9 Å². The lowest BCUT2D eigenvalue weighted by molar-refractivity contribution is 0.0662. The molecule has 0 radical (unpaired) electrons. The lowest BCUT2D eigenvalue weighted by Gasteiger charge is -2.30. The van der Waals surface area contributed by atoms with Gasteiger partial charge in [0.2, 0.25) is 5.76 Å². The average molecular weight is 512 g/mol. The number of ether oxygens (including phenoxy) is 2. The van der Waals surface area contributed by atoms with Crippen molar-refractivity contribution in [3.63, 3.8) is 0 Å². The van der Waals surface area contributed by atoms with Crippen molar-refractivity contribution >= 4 is 26.7 Å². The van der Waals surface area contributed by atoms with Crippen molar-refractivity contribution in [1.29, 1.82) is 0 Å². The molecule has 1 fully saturated rings. The van der Waals surface area contributed by atoms with Gasteiger partial charge in [-0.25, -0.2) is 8.42 Å². The zero-order chi connectivity index (χ0) is 25.8. The highest BCUT2D eigenvalue weighted by Crippen LogP contribution is 2.43. The summed E-state index contributed by atoms with van der Waals surface area (Å²) in [4.78, 5) is 29.2. The quantitative estimate of drug-likeness (QED) is 0.494. The monoisotopic (exact) mass is 511 g/mol. The second-order valence-electron chi connectivity index (χ2n) is 9.38. The Balaban J connectivity index is 1.76. The van der Waals surface area contributed by atoms with Crippen molar-refractivity contribution in [2.24, 2.45) is 0 Å². The number of nitrogens with zero attached hydrogens (tertiary/aromatic N) is 1. The summed E-state index contributed by atoms with van der Waals surface area (Å²) in [7, 11) is -3.29. The van der Waals surface area contributed by atoms with Crippen LogP contribution in [0.5, 0.6) is 11.5 Å². The highest BCUT2D eigenvalue weighted by atomic mass is 32.2. The lowest BCUT2D eigenvalue weighted by Crippen LogP contribution is -2.40. The van der Waals surface area contributed by atoms with E-state index in [1.807, 2.05) is 33.8 Å². The van der Waals surface area contributed by atoms with Crippen molar-refractivity contribution in [3.05, 3.63) is 68.6 Å². The van der Waals surface area contributed by atoms with Gasteiger partial charge in [0, 0.05) is 6.04 Å². The van der Waals surface area contributed by atoms with Gasteiger partial charge >= 0.3 is 0 Å². The van der Waals surface area contributed by atoms with Crippen LogP contribution in [0.25, 0.3) is 11.0 Å². The number of hydrogen-bond acceptors (Lipinski definition) is 7. The summed E-state index contributed by atoms with van der Waals surface area (Å²) in [6.45, 7) is 8.32. The van der Waals surface area contributed by atoms with E-state index in [-0.39, 0.29) is 28.3 Å². The summed E-state index contributed by atoms with van der Waals surface area (Å²) in [5, 5.41) is 0.404. The number of sulfone groups is 1. The minimum Gasteiger partial charge on any atom is -0.490 e. The first-order valence-electron chi connectivity index (χ1n) is 12.2. The largest absolute Gasteiger partial charge is 0.490 e. The minimum atomic E-state index is -3.29. The van der Waals surface area contributed by atoms with E-state index in [1.54, 1.807) is 24.3 Å². The summed E-state index contributed by atoms with van der Waals surface area (Å²) in [6, 6.07) is 7.61. The van der Waals surface area contributed by atoms with Crippen LogP contribution >= 0.6 is 0 Å². The molecule has 8 nitrogen and oxygen atoms in total. The van der Waals surface area contributed by atoms with Crippen LogP contribution in [0.1, 0.15) is 59.1 Å². The van der Waals surface area contributed by atoms with Crippen LogP contribution in [-0.2, 0) is 9.84 Å². The summed E-state index contributed by atoms with van der Waals surface area (Å²) in [6.07, 6.45) is 0.305. The van der Waals surface area contributed by atoms with Gasteiger partial charge in [-0.1, -0.05) is 12.1 Å². The van der Waals surface area contributed by atoms with Crippen molar-refractivity contribution in [2.45, 2.75) is 46.2 Å². The number of benzene rings is 2. The predicted molar refractivity (Wildman–Crippen MR) is 136 cm³/mol. The Morgan fingerprint density at radius 1 is 1.03 bits per heavy atom. The first-order chi connectivity index (χ1) is 17.1. The van der Waals surface area contributed by atoms with Crippen molar-refractivity contribution in [1.82, 2.24) is 4.90 Å². The Bertz CT molecular complexity index is 1540. The Hall–Kier alpha value is -3.33. The number of carbonyl (C=O) groups is 1. The molecule has 3 heterocycles. The maximum absolute atomic E-state index is 13.9. The topological polar surface area (TPSA) is 103 Å². The zero-order valence-electron chi connectivity index (χ0n) is 20.8. The van der Waals surface area contributed by atoms with Crippen molar-refractivity contribution in [3.8, 4) is 11.5 Å². The standard InChI is InChI=1S/C27H29NO7S/c1-5-33-20-8-7-17(13-21(20)34-6-2)23-22-24(29)19-12-15(3)11-16(4)25(19)35-26(22)27(30)28(23)18-9-10-36(31,32)14-18/h7-8,11-13,18,23H,5-6,9-10,14H2,1-4H3. The molecule has 2 unspecified atom stereocenters. The molecule has 3 aromatic rings. The second kappa shape index (κ2) is 8.96. The van der Waals surface area contributed by atoms with Crippen LogP contribution in [0.4, 0.5) is 0 Å². The van der Waals surface area contributed by atoms with Gasteiger partial charge in [-0.05, 0) is 69.0 Å². The van der Waals surface area contributed by atoms with Gasteiger partial charge in [0.25, 0.3) is 5.91 Å². The van der Waals surface area contributed by atoms with Gasteiger partial charge in [0.15, 0.2) is 26.8 Å². The maximum atomic E-state index is 13.9. The van der Waals surface area contributed by atoms with Crippen LogP contribution in [0.3, 0.4) is 0 Å². The summed E-state index contributed by atoms with van der Waals surface area (Å²) >= 11 is 0. The smallest absolute Gasteiger partial charge is 0.291 e. The molecule has 1 saturated heterocycles. The van der Waals surface area contributed by atoms with E-state index < -0.39 is 27.8 Å². The molecule has 2 aromatic carbocycles. The Morgan fingerprint density at radius 3 is 2.42 bits per heavy atom. The minimum absolute atomic E-state index is 0.000358. The number of fused-ring (bicyclic) bond motifs is 2. The number of hydrogen-bond donors (Lipinski definition) is 0. The lowest BCUT2D eigenvalue weighted by atomic mass is 9.96. The molecule has 2 atom stereocenters. The van der Waals surface area contributed by atoms with E-state index in [1.165, 1.54) is 4.90 Å². The molecule has 9 heteroatoms. The molecule has 190 valence electrons. The second-order valence-corrected chi connectivity index (χ2v) is 11.6. The van der Waals surface area contributed by atoms with Crippen LogP contribution in [0, 0.1) is 13.8 Å². The zero-order valence-corrected chi connectivity index (χ0v) is 21.6. The molecule has 36 heavy (non-hydrogen) atoms. The fourth-order valence-corrected chi connectivity index (χ4v) is 7.09. The molecule has 0 spiro atoms. The van der Waals surface area contributed by atoms with Gasteiger partial charge < -0.3 is 18.8 Å². The van der Waals surface area contributed by atoms with Gasteiger partial charge in [-0.15, -0.1) is 0 Å². The third-order valence-corrected chi connectivity index (χ3v) is 8.57.